The van der Waals surface area contributed by atoms with Crippen LogP contribution in [0.1, 0.15) is 29.5 Å². The first-order valence-electron chi connectivity index (χ1n) is 7.36. The van der Waals surface area contributed by atoms with Crippen LogP contribution in [0.5, 0.6) is 5.75 Å². The second kappa shape index (κ2) is 4.35. The zero-order valence-electron chi connectivity index (χ0n) is 11.8. The van der Waals surface area contributed by atoms with Crippen LogP contribution in [-0.2, 0) is 13.1 Å². The third-order valence-corrected chi connectivity index (χ3v) is 4.45. The van der Waals surface area contributed by atoms with Gasteiger partial charge in [-0.3, -0.25) is 4.90 Å². The maximum atomic E-state index is 9.79. The Hall–Kier alpha value is -1.80. The van der Waals surface area contributed by atoms with E-state index >= 15 is 0 Å². The molecule has 2 aromatic rings. The van der Waals surface area contributed by atoms with Crippen LogP contribution in [0.25, 0.3) is 11.1 Å². The van der Waals surface area contributed by atoms with Gasteiger partial charge in [-0.05, 0) is 54.2 Å². The number of phenolic OH excluding ortho intramolecular Hbond substituents is 1. The fourth-order valence-electron chi connectivity index (χ4n) is 3.28. The van der Waals surface area contributed by atoms with E-state index < -0.39 is 0 Å². The van der Waals surface area contributed by atoms with Gasteiger partial charge in [-0.1, -0.05) is 29.8 Å². The lowest BCUT2D eigenvalue weighted by Crippen LogP contribution is -2.24. The van der Waals surface area contributed by atoms with Crippen molar-refractivity contribution in [2.24, 2.45) is 0 Å². The van der Waals surface area contributed by atoms with Crippen LogP contribution in [0, 0.1) is 6.92 Å². The van der Waals surface area contributed by atoms with E-state index in [9.17, 15) is 5.11 Å². The molecular formula is C18H19NO. The topological polar surface area (TPSA) is 23.5 Å². The van der Waals surface area contributed by atoms with Crippen molar-refractivity contribution < 1.29 is 5.11 Å². The SMILES string of the molecule is Cc1ccc2c(c1)CN(C1CC1)Cc1cc(O)ccc1-2. The van der Waals surface area contributed by atoms with Crippen LogP contribution >= 0.6 is 0 Å². The van der Waals surface area contributed by atoms with E-state index in [4.69, 9.17) is 0 Å². The van der Waals surface area contributed by atoms with E-state index in [-0.39, 0.29) is 0 Å². The van der Waals surface area contributed by atoms with Gasteiger partial charge in [0.15, 0.2) is 0 Å². The van der Waals surface area contributed by atoms with Gasteiger partial charge in [-0.15, -0.1) is 0 Å². The Balaban J connectivity index is 1.90. The van der Waals surface area contributed by atoms with E-state index in [1.54, 1.807) is 6.07 Å². The maximum Gasteiger partial charge on any atom is 0.115 e. The summed E-state index contributed by atoms with van der Waals surface area (Å²) in [6.45, 7) is 4.13. The third-order valence-electron chi connectivity index (χ3n) is 4.45. The highest BCUT2D eigenvalue weighted by Crippen LogP contribution is 2.38. The quantitative estimate of drug-likeness (QED) is 0.846. The van der Waals surface area contributed by atoms with Crippen LogP contribution in [0.2, 0.25) is 0 Å². The molecule has 2 aliphatic rings. The van der Waals surface area contributed by atoms with Gasteiger partial charge in [0.2, 0.25) is 0 Å². The van der Waals surface area contributed by atoms with Crippen LogP contribution in [0.15, 0.2) is 36.4 Å². The van der Waals surface area contributed by atoms with Crippen LogP contribution < -0.4 is 0 Å². The lowest BCUT2D eigenvalue weighted by molar-refractivity contribution is 0.248. The highest BCUT2D eigenvalue weighted by Gasteiger charge is 2.31. The summed E-state index contributed by atoms with van der Waals surface area (Å²) in [4.78, 5) is 2.56. The number of aromatic hydroxyl groups is 1. The molecule has 20 heavy (non-hydrogen) atoms. The molecule has 1 N–H and O–H groups in total. The third kappa shape index (κ3) is 2.01. The van der Waals surface area contributed by atoms with Crippen LogP contribution in [0.3, 0.4) is 0 Å². The van der Waals surface area contributed by atoms with E-state index in [1.165, 1.54) is 40.7 Å². The second-order valence-electron chi connectivity index (χ2n) is 6.14. The van der Waals surface area contributed by atoms with E-state index in [0.717, 1.165) is 19.1 Å². The van der Waals surface area contributed by atoms with Gasteiger partial charge in [0, 0.05) is 19.1 Å². The van der Waals surface area contributed by atoms with Gasteiger partial charge < -0.3 is 5.11 Å². The molecule has 0 radical (unpaired) electrons. The first-order valence-corrected chi connectivity index (χ1v) is 7.36. The molecule has 0 spiro atoms. The fourth-order valence-corrected chi connectivity index (χ4v) is 3.28. The minimum atomic E-state index is 0.370. The predicted molar refractivity (Wildman–Crippen MR) is 80.5 cm³/mol. The van der Waals surface area contributed by atoms with Gasteiger partial charge in [0.05, 0.1) is 0 Å². The zero-order valence-corrected chi connectivity index (χ0v) is 11.8. The minimum Gasteiger partial charge on any atom is -0.508 e. The summed E-state index contributed by atoms with van der Waals surface area (Å²) in [7, 11) is 0. The van der Waals surface area contributed by atoms with Crippen molar-refractivity contribution in [3.05, 3.63) is 53.1 Å². The summed E-state index contributed by atoms with van der Waals surface area (Å²) >= 11 is 0. The number of phenols is 1. The van der Waals surface area contributed by atoms with Crippen molar-refractivity contribution in [1.29, 1.82) is 0 Å². The molecule has 1 aliphatic heterocycles. The largest absolute Gasteiger partial charge is 0.508 e. The lowest BCUT2D eigenvalue weighted by Gasteiger charge is -2.20. The average Bonchev–Trinajstić information content (AvgIpc) is 3.23. The molecule has 2 heteroatoms. The molecule has 1 fully saturated rings. The van der Waals surface area contributed by atoms with Gasteiger partial charge >= 0.3 is 0 Å². The number of nitrogens with zero attached hydrogens (tertiary/aromatic N) is 1. The molecular weight excluding hydrogens is 246 g/mol. The highest BCUT2D eigenvalue weighted by atomic mass is 16.3. The molecule has 2 nitrogen and oxygen atoms in total. The smallest absolute Gasteiger partial charge is 0.115 e. The number of rotatable bonds is 1. The molecule has 0 atom stereocenters. The molecule has 0 aromatic heterocycles. The van der Waals surface area contributed by atoms with E-state index in [1.807, 2.05) is 6.07 Å². The maximum absolute atomic E-state index is 9.79. The molecule has 0 saturated heterocycles. The molecule has 4 rings (SSSR count). The summed E-state index contributed by atoms with van der Waals surface area (Å²) in [5, 5.41) is 9.79. The van der Waals surface area contributed by atoms with Crippen molar-refractivity contribution in [2.75, 3.05) is 0 Å². The molecule has 0 bridgehead atoms. The number of hydrogen-bond acceptors (Lipinski definition) is 2. The van der Waals surface area contributed by atoms with Crippen LogP contribution in [-0.4, -0.2) is 16.0 Å². The standard InChI is InChI=1S/C18H19NO/c1-12-2-6-17-13(8-12)10-19(15-3-4-15)11-14-9-16(20)5-7-18(14)17/h2,5-9,15,20H,3-4,10-11H2,1H3. The number of benzene rings is 2. The van der Waals surface area contributed by atoms with E-state index in [2.05, 4.69) is 36.1 Å². The molecule has 1 saturated carbocycles. The van der Waals surface area contributed by atoms with Gasteiger partial charge in [0.1, 0.15) is 5.75 Å². The Morgan fingerprint density at radius 2 is 1.60 bits per heavy atom. The Morgan fingerprint density at radius 1 is 0.950 bits per heavy atom. The Kier molecular flexibility index (Phi) is 2.61. The summed E-state index contributed by atoms with van der Waals surface area (Å²) in [6, 6.07) is 13.3. The molecule has 1 aliphatic carbocycles. The lowest BCUT2D eigenvalue weighted by atomic mass is 9.95. The zero-order chi connectivity index (χ0) is 13.7. The minimum absolute atomic E-state index is 0.370. The molecule has 1 heterocycles. The van der Waals surface area contributed by atoms with Crippen LogP contribution in [0.4, 0.5) is 0 Å². The van der Waals surface area contributed by atoms with Gasteiger partial charge in [-0.25, -0.2) is 0 Å². The average molecular weight is 265 g/mol. The normalized spacial score (nSPS) is 18.2. The van der Waals surface area contributed by atoms with Crippen molar-refractivity contribution >= 4 is 0 Å². The highest BCUT2D eigenvalue weighted by molar-refractivity contribution is 5.72. The first-order chi connectivity index (χ1) is 9.70. The predicted octanol–water partition coefficient (Wildman–Crippen LogP) is 3.85. The van der Waals surface area contributed by atoms with Crippen molar-refractivity contribution in [3.63, 3.8) is 0 Å². The summed E-state index contributed by atoms with van der Waals surface area (Å²) in [6.07, 6.45) is 2.63. The van der Waals surface area contributed by atoms with Gasteiger partial charge in [-0.2, -0.15) is 0 Å². The first kappa shape index (κ1) is 12.0. The molecule has 0 amide bonds. The Bertz CT molecular complexity index is 620. The van der Waals surface area contributed by atoms with Gasteiger partial charge in [0.25, 0.3) is 0 Å². The molecule has 102 valence electrons. The van der Waals surface area contributed by atoms with Crippen molar-refractivity contribution in [2.45, 2.75) is 38.9 Å². The Morgan fingerprint density at radius 3 is 2.30 bits per heavy atom. The number of aryl methyl sites for hydroxylation is 1. The monoisotopic (exact) mass is 265 g/mol. The van der Waals surface area contributed by atoms with E-state index in [0.29, 0.717) is 5.75 Å². The molecule has 2 aromatic carbocycles. The van der Waals surface area contributed by atoms with Crippen molar-refractivity contribution in [1.82, 2.24) is 4.90 Å². The van der Waals surface area contributed by atoms with Crippen molar-refractivity contribution in [3.8, 4) is 16.9 Å². The number of fused-ring (bicyclic) bond motifs is 3. The number of hydrogen-bond donors (Lipinski definition) is 1. The fraction of sp³-hybridized carbons (Fsp3) is 0.333. The summed E-state index contributed by atoms with van der Waals surface area (Å²) in [5.41, 5.74) is 6.59. The summed E-state index contributed by atoms with van der Waals surface area (Å²) in [5.74, 6) is 0.370. The summed E-state index contributed by atoms with van der Waals surface area (Å²) < 4.78 is 0. The second-order valence-corrected chi connectivity index (χ2v) is 6.14. The Labute approximate surface area is 119 Å². The molecule has 0 unspecified atom stereocenters.